The zero-order valence-corrected chi connectivity index (χ0v) is 14.1. The quantitative estimate of drug-likeness (QED) is 0.737. The fraction of sp³-hybridized carbons (Fsp3) is 0.533. The summed E-state index contributed by atoms with van der Waals surface area (Å²) in [6.07, 6.45) is 0. The molecule has 0 radical (unpaired) electrons. The van der Waals surface area contributed by atoms with Crippen LogP contribution in [0.5, 0.6) is 5.75 Å². The molecule has 1 aromatic rings. The third-order valence-corrected chi connectivity index (χ3v) is 3.09. The zero-order valence-electron chi connectivity index (χ0n) is 12.5. The maximum atomic E-state index is 11.4. The lowest BCUT2D eigenvalue weighted by atomic mass is 10.1. The molecule has 21 heavy (non-hydrogen) atoms. The van der Waals surface area contributed by atoms with E-state index >= 15 is 0 Å². The molecule has 0 saturated heterocycles. The monoisotopic (exact) mass is 333 g/mol. The first-order valence-corrected chi connectivity index (χ1v) is 7.66. The van der Waals surface area contributed by atoms with E-state index in [4.69, 9.17) is 32.7 Å². The molecule has 0 aliphatic heterocycles. The number of halogens is 2. The van der Waals surface area contributed by atoms with E-state index in [1.807, 2.05) is 0 Å². The average Bonchev–Trinajstić information content (AvgIpc) is 2.37. The van der Waals surface area contributed by atoms with E-state index in [1.54, 1.807) is 19.1 Å². The minimum atomic E-state index is -0.426. The highest BCUT2D eigenvalue weighted by Crippen LogP contribution is 2.32. The summed E-state index contributed by atoms with van der Waals surface area (Å²) >= 11 is 12.2. The van der Waals surface area contributed by atoms with Crippen LogP contribution < -0.4 is 10.1 Å². The number of esters is 1. The number of hydrogen-bond donors (Lipinski definition) is 1. The first-order valence-electron chi connectivity index (χ1n) is 6.91. The number of benzene rings is 1. The van der Waals surface area contributed by atoms with Gasteiger partial charge in [-0.2, -0.15) is 0 Å². The summed E-state index contributed by atoms with van der Waals surface area (Å²) in [6.45, 7) is 7.56. The normalized spacial score (nSPS) is 10.8. The van der Waals surface area contributed by atoms with E-state index in [1.165, 1.54) is 0 Å². The van der Waals surface area contributed by atoms with Gasteiger partial charge < -0.3 is 14.8 Å². The lowest BCUT2D eigenvalue weighted by Crippen LogP contribution is -2.20. The molecule has 0 spiro atoms. The van der Waals surface area contributed by atoms with Gasteiger partial charge in [0.05, 0.1) is 11.6 Å². The minimum Gasteiger partial charge on any atom is -0.480 e. The first kappa shape index (κ1) is 18.1. The summed E-state index contributed by atoms with van der Waals surface area (Å²) in [5.41, 5.74) is 0.817. The highest BCUT2D eigenvalue weighted by atomic mass is 35.5. The van der Waals surface area contributed by atoms with E-state index in [2.05, 4.69) is 19.2 Å². The van der Waals surface area contributed by atoms with Crippen LogP contribution in [-0.4, -0.2) is 25.7 Å². The molecule has 0 atom stereocenters. The lowest BCUT2D eigenvalue weighted by molar-refractivity contribution is -0.145. The second-order valence-electron chi connectivity index (χ2n) is 4.99. The van der Waals surface area contributed by atoms with Gasteiger partial charge in [0.2, 0.25) is 0 Å². The second kappa shape index (κ2) is 9.13. The molecule has 0 fully saturated rings. The Morgan fingerprint density at radius 2 is 2.05 bits per heavy atom. The summed E-state index contributed by atoms with van der Waals surface area (Å²) in [4.78, 5) is 11.4. The molecule has 6 heteroatoms. The maximum absolute atomic E-state index is 11.4. The van der Waals surface area contributed by atoms with Gasteiger partial charge in [0.15, 0.2) is 6.61 Å². The topological polar surface area (TPSA) is 47.6 Å². The van der Waals surface area contributed by atoms with Gasteiger partial charge in [-0.3, -0.25) is 0 Å². The van der Waals surface area contributed by atoms with Gasteiger partial charge in [0.25, 0.3) is 0 Å². The summed E-state index contributed by atoms with van der Waals surface area (Å²) in [6, 6.07) is 3.37. The molecule has 0 aromatic heterocycles. The Kier molecular flexibility index (Phi) is 7.86. The predicted octanol–water partition coefficient (Wildman–Crippen LogP) is 3.68. The molecule has 0 saturated carbocycles. The van der Waals surface area contributed by atoms with E-state index in [9.17, 15) is 4.79 Å². The standard InChI is InChI=1S/C15H21Cl2NO3/c1-4-20-14(19)9-21-15-11(8-18-7-10(2)3)5-12(16)6-13(15)17/h5-6,10,18H,4,7-9H2,1-3H3. The summed E-state index contributed by atoms with van der Waals surface area (Å²) in [7, 11) is 0. The van der Waals surface area contributed by atoms with Crippen LogP contribution in [0, 0.1) is 5.92 Å². The van der Waals surface area contributed by atoms with Gasteiger partial charge in [-0.15, -0.1) is 0 Å². The minimum absolute atomic E-state index is 0.174. The third kappa shape index (κ3) is 6.55. The number of nitrogens with one attached hydrogen (secondary N) is 1. The molecule has 0 heterocycles. The van der Waals surface area contributed by atoms with E-state index in [0.717, 1.165) is 12.1 Å². The summed E-state index contributed by atoms with van der Waals surface area (Å²) in [5.74, 6) is 0.568. The SMILES string of the molecule is CCOC(=O)COc1c(Cl)cc(Cl)cc1CNCC(C)C. The molecule has 1 N–H and O–H groups in total. The van der Waals surface area contributed by atoms with Gasteiger partial charge in [-0.25, -0.2) is 4.79 Å². The molecule has 1 rings (SSSR count). The van der Waals surface area contributed by atoms with E-state index in [-0.39, 0.29) is 6.61 Å². The fourth-order valence-electron chi connectivity index (χ4n) is 1.74. The van der Waals surface area contributed by atoms with Crippen molar-refractivity contribution in [3.8, 4) is 5.75 Å². The molecule has 4 nitrogen and oxygen atoms in total. The van der Waals surface area contributed by atoms with Gasteiger partial charge in [-0.1, -0.05) is 37.0 Å². The second-order valence-corrected chi connectivity index (χ2v) is 5.84. The molecule has 0 aliphatic rings. The number of carbonyl (C=O) groups excluding carboxylic acids is 1. The van der Waals surface area contributed by atoms with Crippen LogP contribution in [0.2, 0.25) is 10.0 Å². The van der Waals surface area contributed by atoms with Gasteiger partial charge in [-0.05, 0) is 31.5 Å². The average molecular weight is 334 g/mol. The zero-order chi connectivity index (χ0) is 15.8. The molecule has 0 bridgehead atoms. The number of rotatable bonds is 8. The van der Waals surface area contributed by atoms with Gasteiger partial charge in [0, 0.05) is 17.1 Å². The smallest absolute Gasteiger partial charge is 0.344 e. The van der Waals surface area contributed by atoms with Crippen molar-refractivity contribution in [2.45, 2.75) is 27.3 Å². The predicted molar refractivity (Wildman–Crippen MR) is 85.1 cm³/mol. The van der Waals surface area contributed by atoms with Gasteiger partial charge in [0.1, 0.15) is 5.75 Å². The summed E-state index contributed by atoms with van der Waals surface area (Å²) in [5, 5.41) is 4.21. The van der Waals surface area contributed by atoms with Crippen molar-refractivity contribution in [1.29, 1.82) is 0 Å². The highest BCUT2D eigenvalue weighted by Gasteiger charge is 2.13. The van der Waals surface area contributed by atoms with Crippen molar-refractivity contribution in [2.24, 2.45) is 5.92 Å². The molecule has 1 aromatic carbocycles. The lowest BCUT2D eigenvalue weighted by Gasteiger charge is -2.15. The Morgan fingerprint density at radius 3 is 2.67 bits per heavy atom. The Bertz CT molecular complexity index is 478. The molecule has 0 unspecified atom stereocenters. The van der Waals surface area contributed by atoms with Crippen LogP contribution >= 0.6 is 23.2 Å². The van der Waals surface area contributed by atoms with Crippen molar-refractivity contribution >= 4 is 29.2 Å². The third-order valence-electron chi connectivity index (χ3n) is 2.59. The largest absolute Gasteiger partial charge is 0.480 e. The van der Waals surface area contributed by atoms with Crippen LogP contribution in [0.1, 0.15) is 26.3 Å². The Hall–Kier alpha value is -0.970. The Balaban J connectivity index is 2.77. The number of carbonyl (C=O) groups is 1. The first-order chi connectivity index (χ1) is 9.93. The Morgan fingerprint density at radius 1 is 1.33 bits per heavy atom. The molecule has 118 valence electrons. The van der Waals surface area contributed by atoms with Crippen molar-refractivity contribution in [3.05, 3.63) is 27.7 Å². The Labute approximate surface area is 135 Å². The molecule has 0 aliphatic carbocycles. The fourth-order valence-corrected chi connectivity index (χ4v) is 2.33. The van der Waals surface area contributed by atoms with Gasteiger partial charge >= 0.3 is 5.97 Å². The molecule has 0 amide bonds. The maximum Gasteiger partial charge on any atom is 0.344 e. The van der Waals surface area contributed by atoms with Crippen molar-refractivity contribution in [2.75, 3.05) is 19.8 Å². The number of ether oxygens (including phenoxy) is 2. The van der Waals surface area contributed by atoms with Crippen molar-refractivity contribution in [3.63, 3.8) is 0 Å². The van der Waals surface area contributed by atoms with E-state index in [0.29, 0.717) is 34.9 Å². The number of hydrogen-bond acceptors (Lipinski definition) is 4. The highest BCUT2D eigenvalue weighted by molar-refractivity contribution is 6.35. The van der Waals surface area contributed by atoms with Crippen LogP contribution in [0.4, 0.5) is 0 Å². The van der Waals surface area contributed by atoms with Crippen LogP contribution in [0.15, 0.2) is 12.1 Å². The van der Waals surface area contributed by atoms with Crippen LogP contribution in [0.3, 0.4) is 0 Å². The van der Waals surface area contributed by atoms with Crippen molar-refractivity contribution in [1.82, 2.24) is 5.32 Å². The molecular weight excluding hydrogens is 313 g/mol. The summed E-state index contributed by atoms with van der Waals surface area (Å²) < 4.78 is 10.3. The molecular formula is C15H21Cl2NO3. The van der Waals surface area contributed by atoms with Crippen molar-refractivity contribution < 1.29 is 14.3 Å². The van der Waals surface area contributed by atoms with E-state index < -0.39 is 5.97 Å². The van der Waals surface area contributed by atoms with Crippen LogP contribution in [-0.2, 0) is 16.1 Å². The van der Waals surface area contributed by atoms with Crippen LogP contribution in [0.25, 0.3) is 0 Å².